The van der Waals surface area contributed by atoms with Gasteiger partial charge in [0.2, 0.25) is 0 Å². The molecule has 0 saturated heterocycles. The molecule has 0 heterocycles. The summed E-state index contributed by atoms with van der Waals surface area (Å²) < 4.78 is 37.4. The third-order valence-corrected chi connectivity index (χ3v) is 3.30. The average Bonchev–Trinajstić information content (AvgIpc) is 2.55. The molecule has 0 fully saturated rings. The maximum Gasteiger partial charge on any atom is 0.150 e. The number of rotatable bonds is 5. The maximum absolute atomic E-state index is 13.1. The molecule has 0 aromatic heterocycles. The minimum atomic E-state index is -0.627. The highest BCUT2D eigenvalue weighted by Crippen LogP contribution is 2.28. The second kappa shape index (κ2) is 7.00. The Morgan fingerprint density at radius 3 is 2.08 bits per heavy atom. The van der Waals surface area contributed by atoms with E-state index in [-0.39, 0.29) is 6.61 Å². The fraction of sp³-hybridized carbons (Fsp3) is 0.0526. The molecule has 3 aromatic rings. The van der Waals surface area contributed by atoms with Gasteiger partial charge in [-0.05, 0) is 54.1 Å². The van der Waals surface area contributed by atoms with Gasteiger partial charge in [0, 0.05) is 6.07 Å². The van der Waals surface area contributed by atoms with Crippen LogP contribution in [0.5, 0.6) is 17.2 Å². The van der Waals surface area contributed by atoms with Gasteiger partial charge in [0.25, 0.3) is 0 Å². The number of para-hydroxylation sites is 2. The number of anilines is 1. The Hall–Kier alpha value is -3.08. The van der Waals surface area contributed by atoms with Crippen LogP contribution in [0.4, 0.5) is 14.5 Å². The summed E-state index contributed by atoms with van der Waals surface area (Å²) in [6, 6.07) is 17.4. The van der Waals surface area contributed by atoms with Crippen molar-refractivity contribution in [3.05, 3.63) is 83.9 Å². The van der Waals surface area contributed by atoms with Gasteiger partial charge < -0.3 is 15.2 Å². The van der Waals surface area contributed by atoms with E-state index in [0.29, 0.717) is 28.5 Å². The van der Waals surface area contributed by atoms with Crippen molar-refractivity contribution < 1.29 is 18.3 Å². The first kappa shape index (κ1) is 15.8. The largest absolute Gasteiger partial charge is 0.489 e. The fourth-order valence-corrected chi connectivity index (χ4v) is 2.17. The Morgan fingerprint density at radius 2 is 1.42 bits per heavy atom. The van der Waals surface area contributed by atoms with Gasteiger partial charge >= 0.3 is 0 Å². The SMILES string of the molecule is Nc1ccccc1Oc1ccc(OCc2cc(F)cc(F)c2)cc1. The van der Waals surface area contributed by atoms with Crippen LogP contribution in [0.25, 0.3) is 0 Å². The second-order valence-electron chi connectivity index (χ2n) is 5.18. The summed E-state index contributed by atoms with van der Waals surface area (Å²) in [5.74, 6) is 0.488. The lowest BCUT2D eigenvalue weighted by Gasteiger charge is -2.10. The average molecular weight is 327 g/mol. The number of nitrogen functional groups attached to an aromatic ring is 1. The molecule has 2 N–H and O–H groups in total. The number of halogens is 2. The zero-order chi connectivity index (χ0) is 16.9. The molecule has 0 unspecified atom stereocenters. The van der Waals surface area contributed by atoms with Crippen molar-refractivity contribution in [2.24, 2.45) is 0 Å². The Morgan fingerprint density at radius 1 is 0.792 bits per heavy atom. The van der Waals surface area contributed by atoms with Crippen LogP contribution in [0.15, 0.2) is 66.7 Å². The van der Waals surface area contributed by atoms with E-state index in [4.69, 9.17) is 15.2 Å². The Kier molecular flexibility index (Phi) is 4.61. The molecule has 0 radical (unpaired) electrons. The molecule has 0 bridgehead atoms. The van der Waals surface area contributed by atoms with E-state index < -0.39 is 11.6 Å². The van der Waals surface area contributed by atoms with Crippen molar-refractivity contribution in [3.8, 4) is 17.2 Å². The van der Waals surface area contributed by atoms with Crippen LogP contribution in [-0.4, -0.2) is 0 Å². The Balaban J connectivity index is 1.63. The zero-order valence-electron chi connectivity index (χ0n) is 12.7. The smallest absolute Gasteiger partial charge is 0.150 e. The molecule has 3 aromatic carbocycles. The highest BCUT2D eigenvalue weighted by Gasteiger charge is 2.04. The first-order valence-corrected chi connectivity index (χ1v) is 7.30. The molecule has 3 rings (SSSR count). The van der Waals surface area contributed by atoms with Crippen LogP contribution in [0.2, 0.25) is 0 Å². The highest BCUT2D eigenvalue weighted by atomic mass is 19.1. The van der Waals surface area contributed by atoms with Crippen molar-refractivity contribution in [2.75, 3.05) is 5.73 Å². The van der Waals surface area contributed by atoms with E-state index in [9.17, 15) is 8.78 Å². The Labute approximate surface area is 138 Å². The van der Waals surface area contributed by atoms with E-state index in [1.165, 1.54) is 12.1 Å². The molecule has 0 aliphatic heterocycles. The van der Waals surface area contributed by atoms with Gasteiger partial charge in [-0.2, -0.15) is 0 Å². The van der Waals surface area contributed by atoms with Crippen LogP contribution < -0.4 is 15.2 Å². The van der Waals surface area contributed by atoms with Gasteiger partial charge in [0.15, 0.2) is 0 Å². The lowest BCUT2D eigenvalue weighted by atomic mass is 10.2. The molecule has 0 atom stereocenters. The van der Waals surface area contributed by atoms with E-state index in [1.807, 2.05) is 12.1 Å². The van der Waals surface area contributed by atoms with E-state index in [2.05, 4.69) is 0 Å². The van der Waals surface area contributed by atoms with Crippen molar-refractivity contribution >= 4 is 5.69 Å². The normalized spacial score (nSPS) is 10.4. The molecular formula is C19H15F2NO2. The highest BCUT2D eigenvalue weighted by molar-refractivity contribution is 5.53. The van der Waals surface area contributed by atoms with Gasteiger partial charge in [-0.3, -0.25) is 0 Å². The predicted octanol–water partition coefficient (Wildman–Crippen LogP) is 4.92. The third-order valence-electron chi connectivity index (χ3n) is 3.30. The summed E-state index contributed by atoms with van der Waals surface area (Å²) in [4.78, 5) is 0. The predicted molar refractivity (Wildman–Crippen MR) is 88.1 cm³/mol. The standard InChI is InChI=1S/C19H15F2NO2/c20-14-9-13(10-15(21)11-14)12-23-16-5-7-17(8-6-16)24-19-4-2-1-3-18(19)22/h1-11H,12,22H2. The number of hydrogen-bond donors (Lipinski definition) is 1. The Bertz CT molecular complexity index is 815. The quantitative estimate of drug-likeness (QED) is 0.677. The fourth-order valence-electron chi connectivity index (χ4n) is 2.17. The molecule has 0 saturated carbocycles. The van der Waals surface area contributed by atoms with Crippen molar-refractivity contribution in [1.29, 1.82) is 0 Å². The number of ether oxygens (including phenoxy) is 2. The number of hydrogen-bond acceptors (Lipinski definition) is 3. The first-order chi connectivity index (χ1) is 11.6. The van der Waals surface area contributed by atoms with Gasteiger partial charge in [-0.1, -0.05) is 12.1 Å². The zero-order valence-corrected chi connectivity index (χ0v) is 12.7. The van der Waals surface area contributed by atoms with Gasteiger partial charge in [0.05, 0.1) is 5.69 Å². The molecule has 5 heteroatoms. The van der Waals surface area contributed by atoms with E-state index in [0.717, 1.165) is 6.07 Å². The molecule has 0 aliphatic rings. The third kappa shape index (κ3) is 4.01. The molecule has 0 spiro atoms. The molecule has 0 aliphatic carbocycles. The van der Waals surface area contributed by atoms with Crippen LogP contribution >= 0.6 is 0 Å². The molecule has 0 amide bonds. The molecule has 122 valence electrons. The molecule has 24 heavy (non-hydrogen) atoms. The van der Waals surface area contributed by atoms with E-state index >= 15 is 0 Å². The maximum atomic E-state index is 13.1. The van der Waals surface area contributed by atoms with E-state index in [1.54, 1.807) is 36.4 Å². The summed E-state index contributed by atoms with van der Waals surface area (Å²) in [6.07, 6.45) is 0. The summed E-state index contributed by atoms with van der Waals surface area (Å²) in [7, 11) is 0. The minimum absolute atomic E-state index is 0.0700. The lowest BCUT2D eigenvalue weighted by molar-refractivity contribution is 0.304. The second-order valence-corrected chi connectivity index (χ2v) is 5.18. The topological polar surface area (TPSA) is 44.5 Å². The van der Waals surface area contributed by atoms with Crippen LogP contribution in [-0.2, 0) is 6.61 Å². The van der Waals surface area contributed by atoms with Crippen LogP contribution in [0, 0.1) is 11.6 Å². The lowest BCUT2D eigenvalue weighted by Crippen LogP contribution is -1.97. The summed E-state index contributed by atoms with van der Waals surface area (Å²) in [5.41, 5.74) is 6.79. The first-order valence-electron chi connectivity index (χ1n) is 7.30. The molecule has 3 nitrogen and oxygen atoms in total. The van der Waals surface area contributed by atoms with Crippen molar-refractivity contribution in [2.45, 2.75) is 6.61 Å². The monoisotopic (exact) mass is 327 g/mol. The van der Waals surface area contributed by atoms with Gasteiger partial charge in [0.1, 0.15) is 35.5 Å². The van der Waals surface area contributed by atoms with Crippen LogP contribution in [0.3, 0.4) is 0 Å². The number of benzene rings is 3. The van der Waals surface area contributed by atoms with Gasteiger partial charge in [-0.15, -0.1) is 0 Å². The summed E-state index contributed by atoms with van der Waals surface area (Å²) in [5, 5.41) is 0. The molecular weight excluding hydrogens is 312 g/mol. The van der Waals surface area contributed by atoms with Crippen molar-refractivity contribution in [1.82, 2.24) is 0 Å². The van der Waals surface area contributed by atoms with Crippen molar-refractivity contribution in [3.63, 3.8) is 0 Å². The van der Waals surface area contributed by atoms with Crippen LogP contribution in [0.1, 0.15) is 5.56 Å². The van der Waals surface area contributed by atoms with Gasteiger partial charge in [-0.25, -0.2) is 8.78 Å². The number of nitrogens with two attached hydrogens (primary N) is 1. The minimum Gasteiger partial charge on any atom is -0.489 e. The summed E-state index contributed by atoms with van der Waals surface area (Å²) in [6.45, 7) is 0.0700. The summed E-state index contributed by atoms with van der Waals surface area (Å²) >= 11 is 0.